The first-order chi connectivity index (χ1) is 13.8. The molecule has 154 valence electrons. The first kappa shape index (κ1) is 20.4. The average Bonchev–Trinajstić information content (AvgIpc) is 3.28. The van der Waals surface area contributed by atoms with Crippen LogP contribution in [0.3, 0.4) is 0 Å². The Morgan fingerprint density at radius 3 is 2.62 bits per heavy atom. The van der Waals surface area contributed by atoms with Crippen molar-refractivity contribution < 1.29 is 27.5 Å². The van der Waals surface area contributed by atoms with Gasteiger partial charge in [0, 0.05) is 30.4 Å². The summed E-state index contributed by atoms with van der Waals surface area (Å²) in [5, 5.41) is 1.62. The summed E-state index contributed by atoms with van der Waals surface area (Å²) in [5.74, 6) is -1.60. The lowest BCUT2D eigenvalue weighted by atomic mass is 10.1. The lowest BCUT2D eigenvalue weighted by Gasteiger charge is -2.28. The number of alkyl halides is 3. The number of halogens is 3. The minimum Gasteiger partial charge on any atom is -0.450 e. The molecule has 29 heavy (non-hydrogen) atoms. The number of nitrogens with one attached hydrogen (secondary N) is 2. The van der Waals surface area contributed by atoms with Crippen LogP contribution in [0.5, 0.6) is 0 Å². The standard InChI is InChI=1S/C18H18F3N5O3/c1-2-29-16(28)25-17(18(19,20)21)15(27)26(9-8-13-10-22-11-23-13)14(24-17)12-6-4-3-5-7-12/h3-7,10-11H,2,8-9H2,1H3,(H,22,23)(H,25,28). The largest absolute Gasteiger partial charge is 0.450 e. The lowest BCUT2D eigenvalue weighted by molar-refractivity contribution is -0.196. The molecule has 0 saturated carbocycles. The molecular formula is C18H18F3N5O3. The Hall–Kier alpha value is -3.37. The highest BCUT2D eigenvalue weighted by atomic mass is 19.4. The van der Waals surface area contributed by atoms with Gasteiger partial charge in [-0.25, -0.2) is 14.8 Å². The van der Waals surface area contributed by atoms with Crippen LogP contribution in [0, 0.1) is 0 Å². The minimum absolute atomic E-state index is 0.100. The number of ether oxygens (including phenoxy) is 1. The highest BCUT2D eigenvalue weighted by Crippen LogP contribution is 2.38. The second-order valence-corrected chi connectivity index (χ2v) is 6.14. The van der Waals surface area contributed by atoms with Crippen LogP contribution in [0.2, 0.25) is 0 Å². The smallest absolute Gasteiger partial charge is 0.442 e. The first-order valence-corrected chi connectivity index (χ1v) is 8.74. The summed E-state index contributed by atoms with van der Waals surface area (Å²) in [5.41, 5.74) is -2.52. The Bertz CT molecular complexity index is 899. The molecule has 1 aliphatic rings. The van der Waals surface area contributed by atoms with E-state index in [1.54, 1.807) is 23.5 Å². The number of rotatable bonds is 6. The zero-order valence-electron chi connectivity index (χ0n) is 15.4. The van der Waals surface area contributed by atoms with E-state index in [1.807, 2.05) is 0 Å². The normalized spacial score (nSPS) is 19.2. The van der Waals surface area contributed by atoms with Crippen molar-refractivity contribution in [2.45, 2.75) is 25.2 Å². The highest BCUT2D eigenvalue weighted by Gasteiger charge is 2.67. The number of amidine groups is 1. The quantitative estimate of drug-likeness (QED) is 0.764. The van der Waals surface area contributed by atoms with Gasteiger partial charge in [-0.05, 0) is 6.92 Å². The predicted octanol–water partition coefficient (Wildman–Crippen LogP) is 2.25. The maximum Gasteiger partial charge on any atom is 0.442 e. The molecule has 11 heteroatoms. The van der Waals surface area contributed by atoms with Gasteiger partial charge >= 0.3 is 17.9 Å². The summed E-state index contributed by atoms with van der Waals surface area (Å²) in [7, 11) is 0. The zero-order chi connectivity index (χ0) is 21.1. The number of hydrogen-bond acceptors (Lipinski definition) is 5. The number of imidazole rings is 1. The van der Waals surface area contributed by atoms with E-state index in [4.69, 9.17) is 0 Å². The number of benzene rings is 1. The Kier molecular flexibility index (Phi) is 5.57. The second-order valence-electron chi connectivity index (χ2n) is 6.14. The summed E-state index contributed by atoms with van der Waals surface area (Å²) in [6.07, 6.45) is -3.42. The number of nitrogens with zero attached hydrogens (tertiary/aromatic N) is 3. The molecule has 0 aliphatic carbocycles. The van der Waals surface area contributed by atoms with Crippen molar-refractivity contribution in [3.8, 4) is 0 Å². The molecule has 2 aromatic rings. The number of aromatic nitrogens is 2. The molecule has 0 fully saturated rings. The number of alkyl carbamates (subject to hydrolysis) is 1. The fraction of sp³-hybridized carbons (Fsp3) is 0.333. The molecule has 0 saturated heterocycles. The molecule has 1 unspecified atom stereocenters. The van der Waals surface area contributed by atoms with E-state index in [1.165, 1.54) is 31.6 Å². The topological polar surface area (TPSA) is 99.7 Å². The summed E-state index contributed by atoms with van der Waals surface area (Å²) >= 11 is 0. The molecule has 0 radical (unpaired) electrons. The second kappa shape index (κ2) is 7.94. The summed E-state index contributed by atoms with van der Waals surface area (Å²) in [6, 6.07) is 7.98. The van der Waals surface area contributed by atoms with Gasteiger partial charge in [0.2, 0.25) is 0 Å². The maximum absolute atomic E-state index is 14.0. The van der Waals surface area contributed by atoms with Crippen molar-refractivity contribution in [2.75, 3.05) is 13.2 Å². The van der Waals surface area contributed by atoms with Crippen molar-refractivity contribution in [2.24, 2.45) is 4.99 Å². The van der Waals surface area contributed by atoms with Crippen molar-refractivity contribution in [1.29, 1.82) is 0 Å². The summed E-state index contributed by atoms with van der Waals surface area (Å²) < 4.78 is 46.6. The third kappa shape index (κ3) is 3.93. The lowest BCUT2D eigenvalue weighted by Crippen LogP contribution is -2.63. The molecule has 1 aromatic carbocycles. The van der Waals surface area contributed by atoms with Crippen molar-refractivity contribution in [3.05, 3.63) is 54.1 Å². The zero-order valence-corrected chi connectivity index (χ0v) is 15.4. The number of aromatic amines is 1. The highest BCUT2D eigenvalue weighted by molar-refractivity contribution is 6.16. The molecule has 8 nitrogen and oxygen atoms in total. The number of aliphatic imine (C=N–C) groups is 1. The molecule has 2 N–H and O–H groups in total. The van der Waals surface area contributed by atoms with Crippen LogP contribution in [0.25, 0.3) is 0 Å². The van der Waals surface area contributed by atoms with Crippen molar-refractivity contribution in [3.63, 3.8) is 0 Å². The minimum atomic E-state index is -5.18. The Labute approximate surface area is 163 Å². The van der Waals surface area contributed by atoms with Crippen LogP contribution in [-0.2, 0) is 16.0 Å². The molecule has 1 aromatic heterocycles. The monoisotopic (exact) mass is 409 g/mol. The Morgan fingerprint density at radius 2 is 2.03 bits per heavy atom. The molecule has 2 heterocycles. The van der Waals surface area contributed by atoms with Crippen LogP contribution in [0.1, 0.15) is 18.2 Å². The predicted molar refractivity (Wildman–Crippen MR) is 95.9 cm³/mol. The summed E-state index contributed by atoms with van der Waals surface area (Å²) in [6.45, 7) is 1.18. The van der Waals surface area contributed by atoms with Crippen LogP contribution < -0.4 is 5.32 Å². The van der Waals surface area contributed by atoms with Crippen molar-refractivity contribution in [1.82, 2.24) is 20.2 Å². The van der Waals surface area contributed by atoms with Gasteiger partial charge in [-0.15, -0.1) is 0 Å². The van der Waals surface area contributed by atoms with Gasteiger partial charge in [-0.2, -0.15) is 13.2 Å². The molecular weight excluding hydrogens is 391 g/mol. The Morgan fingerprint density at radius 1 is 1.31 bits per heavy atom. The van der Waals surface area contributed by atoms with Gasteiger partial charge in [-0.1, -0.05) is 30.3 Å². The van der Waals surface area contributed by atoms with Crippen LogP contribution in [-0.4, -0.2) is 57.7 Å². The molecule has 0 bridgehead atoms. The number of carbonyl (C=O) groups is 2. The van der Waals surface area contributed by atoms with E-state index in [0.29, 0.717) is 11.3 Å². The fourth-order valence-electron chi connectivity index (χ4n) is 2.88. The third-order valence-corrected chi connectivity index (χ3v) is 4.24. The average molecular weight is 409 g/mol. The van der Waals surface area contributed by atoms with E-state index in [2.05, 4.69) is 19.7 Å². The third-order valence-electron chi connectivity index (χ3n) is 4.24. The van der Waals surface area contributed by atoms with E-state index in [-0.39, 0.29) is 25.4 Å². The van der Waals surface area contributed by atoms with Gasteiger partial charge in [0.1, 0.15) is 5.84 Å². The molecule has 2 amide bonds. The van der Waals surface area contributed by atoms with E-state index >= 15 is 0 Å². The molecule has 0 spiro atoms. The number of amides is 2. The van der Waals surface area contributed by atoms with E-state index in [0.717, 1.165) is 4.90 Å². The van der Waals surface area contributed by atoms with Gasteiger partial charge in [0.15, 0.2) is 0 Å². The first-order valence-electron chi connectivity index (χ1n) is 8.74. The number of H-pyrrole nitrogens is 1. The molecule has 1 atom stereocenters. The maximum atomic E-state index is 14.0. The summed E-state index contributed by atoms with van der Waals surface area (Å²) in [4.78, 5) is 36.0. The van der Waals surface area contributed by atoms with Gasteiger partial charge < -0.3 is 9.72 Å². The van der Waals surface area contributed by atoms with Gasteiger partial charge in [0.25, 0.3) is 5.91 Å². The number of hydrogen-bond donors (Lipinski definition) is 2. The van der Waals surface area contributed by atoms with Gasteiger partial charge in [-0.3, -0.25) is 15.0 Å². The molecule has 1 aliphatic heterocycles. The number of carbonyl (C=O) groups excluding carboxylic acids is 2. The van der Waals surface area contributed by atoms with Crippen molar-refractivity contribution >= 4 is 17.8 Å². The molecule has 3 rings (SSSR count). The van der Waals surface area contributed by atoms with E-state index in [9.17, 15) is 22.8 Å². The van der Waals surface area contributed by atoms with Crippen LogP contribution in [0.15, 0.2) is 47.8 Å². The van der Waals surface area contributed by atoms with E-state index < -0.39 is 23.8 Å². The Balaban J connectivity index is 2.02. The van der Waals surface area contributed by atoms with Crippen LogP contribution in [0.4, 0.5) is 18.0 Å². The van der Waals surface area contributed by atoms with Crippen LogP contribution >= 0.6 is 0 Å². The fourth-order valence-corrected chi connectivity index (χ4v) is 2.88. The van der Waals surface area contributed by atoms with Gasteiger partial charge in [0.05, 0.1) is 12.9 Å². The SMILES string of the molecule is CCOC(=O)NC1(C(F)(F)F)N=C(c2ccccc2)N(CCc2cnc[nH]2)C1=O.